The molecule has 3 nitrogen and oxygen atoms in total. The molecule has 1 aliphatic rings. The number of nitrogens with one attached hydrogen (secondary N) is 1. The molecule has 1 aromatic heterocycles. The lowest BCUT2D eigenvalue weighted by Crippen LogP contribution is -2.17. The summed E-state index contributed by atoms with van der Waals surface area (Å²) >= 11 is 0. The molecule has 1 fully saturated rings. The van der Waals surface area contributed by atoms with Crippen molar-refractivity contribution >= 4 is 0 Å². The largest absolute Gasteiger partial charge is 0.311 e. The molecule has 0 unspecified atom stereocenters. The Hall–Kier alpha value is -0.830. The van der Waals surface area contributed by atoms with Crippen LogP contribution < -0.4 is 5.32 Å². The van der Waals surface area contributed by atoms with Gasteiger partial charge in [-0.3, -0.25) is 4.68 Å². The van der Waals surface area contributed by atoms with E-state index >= 15 is 0 Å². The lowest BCUT2D eigenvalue weighted by atomic mass is 9.96. The van der Waals surface area contributed by atoms with Crippen molar-refractivity contribution < 1.29 is 0 Å². The van der Waals surface area contributed by atoms with Crippen LogP contribution in [0.5, 0.6) is 0 Å². The first-order chi connectivity index (χ1) is 10.4. The first-order valence-corrected chi connectivity index (χ1v) is 9.15. The van der Waals surface area contributed by atoms with Gasteiger partial charge in [0.05, 0.1) is 11.7 Å². The molecule has 0 saturated heterocycles. The molecular weight excluding hydrogens is 258 g/mol. The van der Waals surface area contributed by atoms with Crippen LogP contribution in [0.2, 0.25) is 0 Å². The molecule has 1 aliphatic carbocycles. The number of aromatic nitrogens is 2. The van der Waals surface area contributed by atoms with Gasteiger partial charge in [0.2, 0.25) is 0 Å². The maximum atomic E-state index is 4.75. The Labute approximate surface area is 130 Å². The van der Waals surface area contributed by atoms with Gasteiger partial charge in [-0.1, -0.05) is 58.3 Å². The average Bonchev–Trinajstić information content (AvgIpc) is 3.00. The number of rotatable bonds is 10. The molecule has 0 aliphatic heterocycles. The second kappa shape index (κ2) is 9.99. The minimum atomic E-state index is 0.658. The van der Waals surface area contributed by atoms with Gasteiger partial charge in [0.25, 0.3) is 0 Å². The van der Waals surface area contributed by atoms with Gasteiger partial charge < -0.3 is 5.32 Å². The highest BCUT2D eigenvalue weighted by atomic mass is 15.3. The van der Waals surface area contributed by atoms with E-state index in [0.29, 0.717) is 6.04 Å². The van der Waals surface area contributed by atoms with Gasteiger partial charge in [-0.15, -0.1) is 0 Å². The first kappa shape index (κ1) is 16.5. The lowest BCUT2D eigenvalue weighted by Gasteiger charge is -2.21. The molecule has 3 heteroatoms. The summed E-state index contributed by atoms with van der Waals surface area (Å²) in [6.07, 6.45) is 17.1. The maximum Gasteiger partial charge on any atom is 0.0762 e. The van der Waals surface area contributed by atoms with Gasteiger partial charge in [-0.05, 0) is 31.9 Å². The third kappa shape index (κ3) is 6.21. The van der Waals surface area contributed by atoms with E-state index in [2.05, 4.69) is 29.2 Å². The Morgan fingerprint density at radius 3 is 2.67 bits per heavy atom. The summed E-state index contributed by atoms with van der Waals surface area (Å²) in [5.74, 6) is 0. The lowest BCUT2D eigenvalue weighted by molar-refractivity contribution is 0.327. The van der Waals surface area contributed by atoms with E-state index in [1.807, 2.05) is 0 Å². The number of hydrogen-bond acceptors (Lipinski definition) is 2. The second-order valence-corrected chi connectivity index (χ2v) is 6.52. The second-order valence-electron chi connectivity index (χ2n) is 6.52. The topological polar surface area (TPSA) is 29.9 Å². The van der Waals surface area contributed by atoms with Crippen molar-refractivity contribution in [3.05, 3.63) is 18.0 Å². The number of unbranched alkanes of at least 4 members (excludes halogenated alkanes) is 5. The fourth-order valence-corrected chi connectivity index (χ4v) is 3.27. The van der Waals surface area contributed by atoms with Gasteiger partial charge in [0, 0.05) is 12.7 Å². The number of nitrogens with zero attached hydrogens (tertiary/aromatic N) is 2. The van der Waals surface area contributed by atoms with E-state index in [1.165, 1.54) is 76.3 Å². The van der Waals surface area contributed by atoms with E-state index in [-0.39, 0.29) is 0 Å². The fourth-order valence-electron chi connectivity index (χ4n) is 3.27. The van der Waals surface area contributed by atoms with Gasteiger partial charge >= 0.3 is 0 Å². The van der Waals surface area contributed by atoms with Crippen molar-refractivity contribution in [2.24, 2.45) is 0 Å². The molecule has 0 atom stereocenters. The molecule has 0 radical (unpaired) electrons. The molecule has 0 aromatic carbocycles. The van der Waals surface area contributed by atoms with Crippen molar-refractivity contribution in [3.8, 4) is 0 Å². The molecular formula is C18H33N3. The fraction of sp³-hybridized carbons (Fsp3) is 0.833. The van der Waals surface area contributed by atoms with Crippen LogP contribution in [0.15, 0.2) is 12.3 Å². The Bertz CT molecular complexity index is 366. The monoisotopic (exact) mass is 291 g/mol. The SMILES string of the molecule is CCCCCCCCNCc1ccn(C2CCCCC2)n1. The zero-order chi connectivity index (χ0) is 14.8. The van der Waals surface area contributed by atoms with Gasteiger partial charge in [-0.2, -0.15) is 5.10 Å². The van der Waals surface area contributed by atoms with E-state index < -0.39 is 0 Å². The Balaban J connectivity index is 1.55. The van der Waals surface area contributed by atoms with Crippen molar-refractivity contribution in [2.45, 2.75) is 90.1 Å². The van der Waals surface area contributed by atoms with Crippen LogP contribution in [0.3, 0.4) is 0 Å². The number of hydrogen-bond donors (Lipinski definition) is 1. The molecule has 1 heterocycles. The van der Waals surface area contributed by atoms with Crippen molar-refractivity contribution in [1.82, 2.24) is 15.1 Å². The summed E-state index contributed by atoms with van der Waals surface area (Å²) < 4.78 is 2.21. The van der Waals surface area contributed by atoms with Crippen LogP contribution in [-0.4, -0.2) is 16.3 Å². The van der Waals surface area contributed by atoms with E-state index in [4.69, 9.17) is 5.10 Å². The minimum absolute atomic E-state index is 0.658. The van der Waals surface area contributed by atoms with Crippen LogP contribution in [0.4, 0.5) is 0 Å². The van der Waals surface area contributed by atoms with Gasteiger partial charge in [0.15, 0.2) is 0 Å². The molecule has 1 N–H and O–H groups in total. The zero-order valence-corrected chi connectivity index (χ0v) is 13.8. The Morgan fingerprint density at radius 2 is 1.86 bits per heavy atom. The molecule has 0 spiro atoms. The molecule has 2 rings (SSSR count). The first-order valence-electron chi connectivity index (χ1n) is 9.15. The maximum absolute atomic E-state index is 4.75. The van der Waals surface area contributed by atoms with Crippen LogP contribution in [0.1, 0.15) is 89.3 Å². The van der Waals surface area contributed by atoms with E-state index in [9.17, 15) is 0 Å². The molecule has 0 amide bonds. The highest BCUT2D eigenvalue weighted by molar-refractivity contribution is 4.99. The molecule has 1 aromatic rings. The summed E-state index contributed by atoms with van der Waals surface area (Å²) in [5.41, 5.74) is 1.20. The van der Waals surface area contributed by atoms with E-state index in [1.54, 1.807) is 0 Å². The predicted octanol–water partition coefficient (Wildman–Crippen LogP) is 4.84. The zero-order valence-electron chi connectivity index (χ0n) is 13.8. The third-order valence-electron chi connectivity index (χ3n) is 4.63. The normalized spacial score (nSPS) is 16.4. The van der Waals surface area contributed by atoms with Crippen molar-refractivity contribution in [3.63, 3.8) is 0 Å². The van der Waals surface area contributed by atoms with Gasteiger partial charge in [0.1, 0.15) is 0 Å². The quantitative estimate of drug-likeness (QED) is 0.625. The highest BCUT2D eigenvalue weighted by Crippen LogP contribution is 2.27. The van der Waals surface area contributed by atoms with Gasteiger partial charge in [-0.25, -0.2) is 0 Å². The van der Waals surface area contributed by atoms with Crippen LogP contribution >= 0.6 is 0 Å². The van der Waals surface area contributed by atoms with E-state index in [0.717, 1.165) is 13.1 Å². The highest BCUT2D eigenvalue weighted by Gasteiger charge is 2.15. The summed E-state index contributed by atoms with van der Waals surface area (Å²) in [7, 11) is 0. The molecule has 0 bridgehead atoms. The van der Waals surface area contributed by atoms with Crippen molar-refractivity contribution in [2.75, 3.05) is 6.54 Å². The summed E-state index contributed by atoms with van der Waals surface area (Å²) in [6, 6.07) is 2.84. The molecule has 120 valence electrons. The molecule has 1 saturated carbocycles. The van der Waals surface area contributed by atoms with Crippen LogP contribution in [-0.2, 0) is 6.54 Å². The average molecular weight is 291 g/mol. The smallest absolute Gasteiger partial charge is 0.0762 e. The van der Waals surface area contributed by atoms with Crippen molar-refractivity contribution in [1.29, 1.82) is 0 Å². The molecule has 21 heavy (non-hydrogen) atoms. The summed E-state index contributed by atoms with van der Waals surface area (Å²) in [4.78, 5) is 0. The van der Waals surface area contributed by atoms with Crippen LogP contribution in [0, 0.1) is 0 Å². The predicted molar refractivity (Wildman–Crippen MR) is 89.4 cm³/mol. The summed E-state index contributed by atoms with van der Waals surface area (Å²) in [5, 5.41) is 8.28. The minimum Gasteiger partial charge on any atom is -0.311 e. The Morgan fingerprint density at radius 1 is 1.10 bits per heavy atom. The summed E-state index contributed by atoms with van der Waals surface area (Å²) in [6.45, 7) is 4.32. The Kier molecular flexibility index (Phi) is 7.87. The standard InChI is InChI=1S/C18H33N3/c1-2-3-4-5-6-10-14-19-16-17-13-15-21(20-17)18-11-8-7-9-12-18/h13,15,18-19H,2-12,14,16H2,1H3. The third-order valence-corrected chi connectivity index (χ3v) is 4.63. The van der Waals surface area contributed by atoms with Crippen LogP contribution in [0.25, 0.3) is 0 Å².